The molecule has 0 aliphatic carbocycles. The molecule has 2 aliphatic rings. The number of hydrogen-bond donors (Lipinski definition) is 0. The van der Waals surface area contributed by atoms with Crippen molar-refractivity contribution >= 4 is 27.9 Å². The van der Waals surface area contributed by atoms with Gasteiger partial charge in [0.05, 0.1) is 16.9 Å². The Morgan fingerprint density at radius 1 is 1.38 bits per heavy atom. The normalized spacial score (nSPS) is 35.2. The van der Waals surface area contributed by atoms with E-state index in [1.807, 2.05) is 11.8 Å². The van der Waals surface area contributed by atoms with E-state index in [9.17, 15) is 13.2 Å². The van der Waals surface area contributed by atoms with Crippen molar-refractivity contribution in [3.05, 3.63) is 0 Å². The lowest BCUT2D eigenvalue weighted by molar-refractivity contribution is -0.117. The number of thioether (sulfide) groups is 1. The highest BCUT2D eigenvalue weighted by Gasteiger charge is 2.53. The van der Waals surface area contributed by atoms with E-state index in [1.54, 1.807) is 0 Å². The first-order valence-electron chi connectivity index (χ1n) is 4.32. The van der Waals surface area contributed by atoms with Crippen molar-refractivity contribution in [1.82, 2.24) is 0 Å². The van der Waals surface area contributed by atoms with Gasteiger partial charge in [0.2, 0.25) is 0 Å². The molecule has 0 amide bonds. The minimum atomic E-state index is -2.88. The van der Waals surface area contributed by atoms with Crippen molar-refractivity contribution < 1.29 is 13.2 Å². The molecular weight excluding hydrogens is 208 g/mol. The van der Waals surface area contributed by atoms with Gasteiger partial charge in [-0.15, -0.1) is 0 Å². The number of sulfone groups is 1. The Balaban J connectivity index is 2.14. The third-order valence-electron chi connectivity index (χ3n) is 2.95. The highest BCUT2D eigenvalue weighted by atomic mass is 32.2. The van der Waals surface area contributed by atoms with Crippen LogP contribution in [0, 0.1) is 11.3 Å². The predicted molar refractivity (Wildman–Crippen MR) is 52.6 cm³/mol. The summed E-state index contributed by atoms with van der Waals surface area (Å²) in [6, 6.07) is 0. The average Bonchev–Trinajstić information content (AvgIpc) is 2.51. The molecule has 1 unspecified atom stereocenters. The molecule has 0 aromatic heterocycles. The summed E-state index contributed by atoms with van der Waals surface area (Å²) in [6.45, 7) is 0. The van der Waals surface area contributed by atoms with Crippen LogP contribution in [-0.2, 0) is 14.6 Å². The van der Waals surface area contributed by atoms with Crippen molar-refractivity contribution in [3.63, 3.8) is 0 Å². The molecule has 0 spiro atoms. The third-order valence-corrected chi connectivity index (χ3v) is 6.07. The SMILES string of the molecule is O=CC1(C2CCSC2)CS(=O)(=O)C1. The van der Waals surface area contributed by atoms with Gasteiger partial charge >= 0.3 is 0 Å². The van der Waals surface area contributed by atoms with E-state index in [0.717, 1.165) is 24.2 Å². The number of rotatable bonds is 2. The molecule has 5 heteroatoms. The second-order valence-electron chi connectivity index (χ2n) is 3.94. The Morgan fingerprint density at radius 3 is 2.46 bits per heavy atom. The smallest absolute Gasteiger partial charge is 0.152 e. The van der Waals surface area contributed by atoms with Gasteiger partial charge in [0.1, 0.15) is 6.29 Å². The van der Waals surface area contributed by atoms with Gasteiger partial charge in [-0.05, 0) is 23.8 Å². The lowest BCUT2D eigenvalue weighted by atomic mass is 9.79. The summed E-state index contributed by atoms with van der Waals surface area (Å²) in [4.78, 5) is 10.9. The molecule has 0 saturated carbocycles. The Morgan fingerprint density at radius 2 is 2.08 bits per heavy atom. The monoisotopic (exact) mass is 220 g/mol. The van der Waals surface area contributed by atoms with Gasteiger partial charge in [0.15, 0.2) is 9.84 Å². The van der Waals surface area contributed by atoms with Crippen LogP contribution in [0.3, 0.4) is 0 Å². The summed E-state index contributed by atoms with van der Waals surface area (Å²) in [5.41, 5.74) is -0.512. The molecule has 2 saturated heterocycles. The van der Waals surface area contributed by atoms with Gasteiger partial charge in [0.25, 0.3) is 0 Å². The van der Waals surface area contributed by atoms with Gasteiger partial charge < -0.3 is 4.79 Å². The summed E-state index contributed by atoms with van der Waals surface area (Å²) >= 11 is 1.82. The Hall–Kier alpha value is -0.0300. The lowest BCUT2D eigenvalue weighted by Gasteiger charge is -2.40. The largest absolute Gasteiger partial charge is 0.303 e. The maximum atomic E-state index is 11.1. The molecule has 13 heavy (non-hydrogen) atoms. The standard InChI is InChI=1S/C8H12O3S2/c9-4-8(5-13(10,11)6-8)7-1-2-12-3-7/h4,7H,1-3,5-6H2. The summed E-state index contributed by atoms with van der Waals surface area (Å²) in [7, 11) is -2.88. The van der Waals surface area contributed by atoms with Crippen molar-refractivity contribution in [1.29, 1.82) is 0 Å². The van der Waals surface area contributed by atoms with Crippen LogP contribution in [0.4, 0.5) is 0 Å². The van der Waals surface area contributed by atoms with E-state index in [-0.39, 0.29) is 11.5 Å². The van der Waals surface area contributed by atoms with Gasteiger partial charge in [-0.3, -0.25) is 0 Å². The number of carbonyl (C=O) groups excluding carboxylic acids is 1. The zero-order valence-corrected chi connectivity index (χ0v) is 8.86. The van der Waals surface area contributed by atoms with Crippen molar-refractivity contribution in [2.24, 2.45) is 11.3 Å². The molecule has 3 nitrogen and oxygen atoms in total. The summed E-state index contributed by atoms with van der Waals surface area (Å²) < 4.78 is 22.1. The fraction of sp³-hybridized carbons (Fsp3) is 0.875. The maximum Gasteiger partial charge on any atom is 0.152 e. The first kappa shape index (κ1) is 9.52. The number of hydrogen-bond acceptors (Lipinski definition) is 4. The Bertz CT molecular complexity index is 302. The summed E-state index contributed by atoms with van der Waals surface area (Å²) in [5.74, 6) is 2.51. The average molecular weight is 220 g/mol. The Kier molecular flexibility index (Phi) is 2.19. The lowest BCUT2D eigenvalue weighted by Crippen LogP contribution is -2.54. The number of carbonyl (C=O) groups is 1. The molecule has 0 aromatic carbocycles. The highest BCUT2D eigenvalue weighted by Crippen LogP contribution is 2.44. The predicted octanol–water partition coefficient (Wildman–Crippen LogP) is 0.353. The van der Waals surface area contributed by atoms with Gasteiger partial charge in [-0.2, -0.15) is 11.8 Å². The molecule has 2 rings (SSSR count). The van der Waals surface area contributed by atoms with Gasteiger partial charge in [0, 0.05) is 0 Å². The molecule has 2 aliphatic heterocycles. The second kappa shape index (κ2) is 2.98. The first-order valence-corrected chi connectivity index (χ1v) is 7.30. The topological polar surface area (TPSA) is 51.2 Å². The quantitative estimate of drug-likeness (QED) is 0.630. The van der Waals surface area contributed by atoms with Crippen molar-refractivity contribution in [3.8, 4) is 0 Å². The first-order chi connectivity index (χ1) is 6.08. The molecule has 1 atom stereocenters. The van der Waals surface area contributed by atoms with Crippen LogP contribution in [0.25, 0.3) is 0 Å². The minimum Gasteiger partial charge on any atom is -0.303 e. The molecule has 74 valence electrons. The molecule has 0 radical (unpaired) electrons. The molecule has 2 heterocycles. The zero-order chi connectivity index (χ0) is 9.53. The fourth-order valence-electron chi connectivity index (χ4n) is 2.16. The summed E-state index contributed by atoms with van der Waals surface area (Å²) in [5, 5.41) is 0. The second-order valence-corrected chi connectivity index (χ2v) is 7.16. The molecule has 0 aromatic rings. The van der Waals surface area contributed by atoms with Crippen LogP contribution in [0.5, 0.6) is 0 Å². The Labute approximate surface area is 82.2 Å². The highest BCUT2D eigenvalue weighted by molar-refractivity contribution is 7.99. The van der Waals surface area contributed by atoms with Gasteiger partial charge in [-0.25, -0.2) is 8.42 Å². The molecule has 2 fully saturated rings. The van der Waals surface area contributed by atoms with E-state index >= 15 is 0 Å². The van der Waals surface area contributed by atoms with Crippen LogP contribution < -0.4 is 0 Å². The molecular formula is C8H12O3S2. The third kappa shape index (κ3) is 1.52. The van der Waals surface area contributed by atoms with Crippen LogP contribution in [0.15, 0.2) is 0 Å². The van der Waals surface area contributed by atoms with Crippen LogP contribution >= 0.6 is 11.8 Å². The molecule has 0 bridgehead atoms. The van der Waals surface area contributed by atoms with Crippen molar-refractivity contribution in [2.75, 3.05) is 23.0 Å². The fourth-order valence-corrected chi connectivity index (χ4v) is 5.73. The molecule has 0 N–H and O–H groups in total. The van der Waals surface area contributed by atoms with E-state index in [0.29, 0.717) is 5.92 Å². The van der Waals surface area contributed by atoms with E-state index < -0.39 is 15.3 Å². The summed E-state index contributed by atoms with van der Waals surface area (Å²) in [6.07, 6.45) is 1.88. The zero-order valence-electron chi connectivity index (χ0n) is 7.23. The maximum absolute atomic E-state index is 11.1. The van der Waals surface area contributed by atoms with Crippen molar-refractivity contribution in [2.45, 2.75) is 6.42 Å². The minimum absolute atomic E-state index is 0.0920. The van der Waals surface area contributed by atoms with Gasteiger partial charge in [-0.1, -0.05) is 0 Å². The number of aldehydes is 1. The van der Waals surface area contributed by atoms with Crippen LogP contribution in [0.2, 0.25) is 0 Å². The van der Waals surface area contributed by atoms with E-state index in [4.69, 9.17) is 0 Å². The van der Waals surface area contributed by atoms with E-state index in [2.05, 4.69) is 0 Å². The van der Waals surface area contributed by atoms with Crippen LogP contribution in [-0.4, -0.2) is 37.7 Å². The van der Waals surface area contributed by atoms with Crippen LogP contribution in [0.1, 0.15) is 6.42 Å². The van der Waals surface area contributed by atoms with E-state index in [1.165, 1.54) is 0 Å².